The number of nitrogens with one attached hydrogen (secondary N) is 2. The van der Waals surface area contributed by atoms with E-state index in [-0.39, 0.29) is 21.9 Å². The molecule has 0 radical (unpaired) electrons. The van der Waals surface area contributed by atoms with Crippen molar-refractivity contribution in [3.05, 3.63) is 83.4 Å². The van der Waals surface area contributed by atoms with Crippen LogP contribution in [0, 0.1) is 0 Å². The van der Waals surface area contributed by atoms with Crippen LogP contribution in [-0.4, -0.2) is 19.4 Å². The van der Waals surface area contributed by atoms with Crippen molar-refractivity contribution in [1.29, 1.82) is 0 Å². The first-order chi connectivity index (χ1) is 12.8. The van der Waals surface area contributed by atoms with Gasteiger partial charge in [0.05, 0.1) is 10.6 Å². The highest BCUT2D eigenvalue weighted by Crippen LogP contribution is 2.23. The van der Waals surface area contributed by atoms with Gasteiger partial charge in [-0.1, -0.05) is 29.8 Å². The number of benzene rings is 3. The van der Waals surface area contributed by atoms with Crippen LogP contribution in [0.2, 0.25) is 5.02 Å². The molecule has 3 aromatic carbocycles. The van der Waals surface area contributed by atoms with E-state index in [0.29, 0.717) is 10.7 Å². The van der Waals surface area contributed by atoms with E-state index in [1.807, 2.05) is 0 Å². The summed E-state index contributed by atoms with van der Waals surface area (Å²) in [6.07, 6.45) is 0. The van der Waals surface area contributed by atoms with Gasteiger partial charge in [0.15, 0.2) is 0 Å². The van der Waals surface area contributed by atoms with Crippen LogP contribution in [0.4, 0.5) is 11.4 Å². The smallest absolute Gasteiger partial charge is 0.261 e. The molecule has 0 fully saturated rings. The summed E-state index contributed by atoms with van der Waals surface area (Å²) < 4.78 is 27.5. The van der Waals surface area contributed by atoms with Crippen LogP contribution >= 0.6 is 11.6 Å². The minimum Gasteiger partial charge on any atom is -0.506 e. The molecule has 3 aromatic rings. The van der Waals surface area contributed by atoms with Gasteiger partial charge in [-0.15, -0.1) is 0 Å². The molecule has 6 nitrogen and oxygen atoms in total. The topological polar surface area (TPSA) is 95.5 Å². The minimum absolute atomic E-state index is 0.0672. The molecular formula is C19H15ClN2O4S. The number of carbonyl (C=O) groups is 1. The van der Waals surface area contributed by atoms with Crippen molar-refractivity contribution in [1.82, 2.24) is 0 Å². The summed E-state index contributed by atoms with van der Waals surface area (Å²) in [5.41, 5.74) is 0.718. The molecule has 3 rings (SSSR count). The number of anilines is 2. The lowest BCUT2D eigenvalue weighted by Crippen LogP contribution is -2.16. The molecule has 0 aliphatic heterocycles. The van der Waals surface area contributed by atoms with Crippen molar-refractivity contribution in [2.45, 2.75) is 4.90 Å². The van der Waals surface area contributed by atoms with E-state index in [2.05, 4.69) is 10.0 Å². The molecule has 0 atom stereocenters. The van der Waals surface area contributed by atoms with Gasteiger partial charge in [0.1, 0.15) is 5.75 Å². The monoisotopic (exact) mass is 402 g/mol. The van der Waals surface area contributed by atoms with Crippen LogP contribution in [0.1, 0.15) is 10.4 Å². The van der Waals surface area contributed by atoms with Crippen molar-refractivity contribution in [2.75, 3.05) is 10.0 Å². The van der Waals surface area contributed by atoms with Gasteiger partial charge in [-0.25, -0.2) is 8.42 Å². The summed E-state index contributed by atoms with van der Waals surface area (Å²) in [6.45, 7) is 0. The molecule has 0 saturated heterocycles. The van der Waals surface area contributed by atoms with E-state index in [9.17, 15) is 18.3 Å². The van der Waals surface area contributed by atoms with Crippen molar-refractivity contribution in [3.8, 4) is 5.75 Å². The molecule has 8 heteroatoms. The van der Waals surface area contributed by atoms with Crippen LogP contribution in [-0.2, 0) is 10.0 Å². The Bertz CT molecular complexity index is 1080. The zero-order valence-electron chi connectivity index (χ0n) is 13.9. The van der Waals surface area contributed by atoms with Gasteiger partial charge in [-0.05, 0) is 54.6 Å². The lowest BCUT2D eigenvalue weighted by atomic mass is 10.2. The molecule has 27 heavy (non-hydrogen) atoms. The van der Waals surface area contributed by atoms with E-state index in [0.717, 1.165) is 0 Å². The zero-order valence-corrected chi connectivity index (χ0v) is 15.5. The SMILES string of the molecule is O=C(Nc1ccccc1O)c1cccc(S(=O)(=O)Nc2ccc(Cl)cc2)c1. The first-order valence-electron chi connectivity index (χ1n) is 7.83. The Morgan fingerprint density at radius 1 is 0.926 bits per heavy atom. The summed E-state index contributed by atoms with van der Waals surface area (Å²) in [5.74, 6) is -0.626. The van der Waals surface area contributed by atoms with E-state index < -0.39 is 15.9 Å². The van der Waals surface area contributed by atoms with Crippen molar-refractivity contribution in [2.24, 2.45) is 0 Å². The van der Waals surface area contributed by atoms with Crippen molar-refractivity contribution in [3.63, 3.8) is 0 Å². The third-order valence-corrected chi connectivity index (χ3v) is 5.29. The lowest BCUT2D eigenvalue weighted by Gasteiger charge is -2.10. The highest BCUT2D eigenvalue weighted by molar-refractivity contribution is 7.92. The van der Waals surface area contributed by atoms with Gasteiger partial charge in [0, 0.05) is 16.3 Å². The third-order valence-electron chi connectivity index (χ3n) is 3.66. The summed E-state index contributed by atoms with van der Waals surface area (Å²) in [7, 11) is -3.89. The first kappa shape index (κ1) is 18.8. The van der Waals surface area contributed by atoms with Gasteiger partial charge in [0.25, 0.3) is 15.9 Å². The molecule has 0 aliphatic rings. The number of para-hydroxylation sites is 2. The number of aromatic hydroxyl groups is 1. The van der Waals surface area contributed by atoms with Crippen molar-refractivity contribution >= 4 is 38.9 Å². The van der Waals surface area contributed by atoms with Gasteiger partial charge in [-0.3, -0.25) is 9.52 Å². The predicted molar refractivity (Wildman–Crippen MR) is 105 cm³/mol. The number of hydrogen-bond donors (Lipinski definition) is 3. The normalized spacial score (nSPS) is 11.0. The number of rotatable bonds is 5. The standard InChI is InChI=1S/C19H15ClN2O4S/c20-14-8-10-15(11-9-14)22-27(25,26)16-5-3-4-13(12-16)19(24)21-17-6-1-2-7-18(17)23/h1-12,22-23H,(H,21,24). The Kier molecular flexibility index (Phi) is 5.34. The molecule has 0 aromatic heterocycles. The summed E-state index contributed by atoms with van der Waals surface area (Å²) >= 11 is 5.79. The Morgan fingerprint density at radius 3 is 2.33 bits per heavy atom. The molecule has 0 spiro atoms. The molecule has 3 N–H and O–H groups in total. The second kappa shape index (κ2) is 7.69. The number of hydrogen-bond acceptors (Lipinski definition) is 4. The number of halogens is 1. The highest BCUT2D eigenvalue weighted by Gasteiger charge is 2.17. The molecule has 0 heterocycles. The van der Waals surface area contributed by atoms with Gasteiger partial charge in [0.2, 0.25) is 0 Å². The molecule has 0 unspecified atom stereocenters. The van der Waals surface area contributed by atoms with E-state index in [1.165, 1.54) is 48.5 Å². The Hall–Kier alpha value is -3.03. The van der Waals surface area contributed by atoms with Crippen molar-refractivity contribution < 1.29 is 18.3 Å². The highest BCUT2D eigenvalue weighted by atomic mass is 35.5. The average molecular weight is 403 g/mol. The van der Waals surface area contributed by atoms with Gasteiger partial charge >= 0.3 is 0 Å². The summed E-state index contributed by atoms with van der Waals surface area (Å²) in [6, 6.07) is 18.1. The predicted octanol–water partition coefficient (Wildman–Crippen LogP) is 4.10. The maximum Gasteiger partial charge on any atom is 0.261 e. The summed E-state index contributed by atoms with van der Waals surface area (Å²) in [4.78, 5) is 12.3. The van der Waals surface area contributed by atoms with Crippen LogP contribution in [0.3, 0.4) is 0 Å². The molecule has 138 valence electrons. The maximum absolute atomic E-state index is 12.6. The second-order valence-corrected chi connectivity index (χ2v) is 7.73. The quantitative estimate of drug-likeness (QED) is 0.560. The fourth-order valence-electron chi connectivity index (χ4n) is 2.31. The molecule has 1 amide bonds. The van der Waals surface area contributed by atoms with Crippen LogP contribution in [0.15, 0.2) is 77.7 Å². The Morgan fingerprint density at radius 2 is 1.63 bits per heavy atom. The zero-order chi connectivity index (χ0) is 19.4. The molecule has 0 bridgehead atoms. The number of amides is 1. The first-order valence-corrected chi connectivity index (χ1v) is 9.69. The number of phenolic OH excluding ortho intramolecular Hbond substituents is 1. The molecule has 0 aliphatic carbocycles. The van der Waals surface area contributed by atoms with E-state index in [1.54, 1.807) is 24.3 Å². The molecular weight excluding hydrogens is 388 g/mol. The largest absolute Gasteiger partial charge is 0.506 e. The lowest BCUT2D eigenvalue weighted by molar-refractivity contribution is 0.102. The number of carbonyl (C=O) groups excluding carboxylic acids is 1. The van der Waals surface area contributed by atoms with E-state index >= 15 is 0 Å². The third kappa shape index (κ3) is 4.58. The second-order valence-electron chi connectivity index (χ2n) is 5.61. The molecule has 0 saturated carbocycles. The number of sulfonamides is 1. The fourth-order valence-corrected chi connectivity index (χ4v) is 3.54. The van der Waals surface area contributed by atoms with Crippen LogP contribution in [0.5, 0.6) is 5.75 Å². The Labute approximate surface area is 161 Å². The van der Waals surface area contributed by atoms with E-state index in [4.69, 9.17) is 11.6 Å². The van der Waals surface area contributed by atoms with Gasteiger partial charge < -0.3 is 10.4 Å². The van der Waals surface area contributed by atoms with Gasteiger partial charge in [-0.2, -0.15) is 0 Å². The minimum atomic E-state index is -3.89. The summed E-state index contributed by atoms with van der Waals surface area (Å²) in [5, 5.41) is 12.8. The average Bonchev–Trinajstić information content (AvgIpc) is 2.65. The number of phenols is 1. The van der Waals surface area contributed by atoms with Crippen LogP contribution < -0.4 is 10.0 Å². The Balaban J connectivity index is 1.83. The maximum atomic E-state index is 12.6. The fraction of sp³-hybridized carbons (Fsp3) is 0. The van der Waals surface area contributed by atoms with Crippen LogP contribution in [0.25, 0.3) is 0 Å².